The number of amides is 3. The molecule has 1 aliphatic carbocycles. The lowest BCUT2D eigenvalue weighted by atomic mass is 10.1. The molecule has 9 heteroatoms. The van der Waals surface area contributed by atoms with E-state index in [1.54, 1.807) is 0 Å². The predicted octanol–water partition coefficient (Wildman–Crippen LogP) is -1.03. The molecule has 1 rings (SSSR count). The number of nitrogens with one attached hydrogen (secondary N) is 3. The van der Waals surface area contributed by atoms with E-state index in [9.17, 15) is 19.2 Å². The van der Waals surface area contributed by atoms with Gasteiger partial charge in [-0.05, 0) is 19.3 Å². The molecule has 0 saturated heterocycles. The molecule has 0 spiro atoms. The van der Waals surface area contributed by atoms with E-state index < -0.39 is 24.0 Å². The third-order valence-electron chi connectivity index (χ3n) is 2.82. The van der Waals surface area contributed by atoms with Crippen LogP contribution in [0.3, 0.4) is 0 Å². The maximum Gasteiger partial charge on any atom is 0.326 e. The topological polar surface area (TPSA) is 134 Å². The molecular formula is C12H19N3O6. The summed E-state index contributed by atoms with van der Waals surface area (Å²) < 4.78 is 4.39. The van der Waals surface area contributed by atoms with Crippen molar-refractivity contribution in [3.8, 4) is 0 Å². The molecule has 0 unspecified atom stereocenters. The zero-order chi connectivity index (χ0) is 15.8. The van der Waals surface area contributed by atoms with Gasteiger partial charge in [0, 0.05) is 12.5 Å². The van der Waals surface area contributed by atoms with E-state index in [2.05, 4.69) is 20.7 Å². The van der Waals surface area contributed by atoms with Crippen molar-refractivity contribution < 1.29 is 29.0 Å². The van der Waals surface area contributed by atoms with Crippen LogP contribution in [0.5, 0.6) is 0 Å². The van der Waals surface area contributed by atoms with E-state index in [0.717, 1.165) is 12.8 Å². The van der Waals surface area contributed by atoms with Crippen molar-refractivity contribution in [3.05, 3.63) is 0 Å². The van der Waals surface area contributed by atoms with Crippen LogP contribution in [-0.4, -0.2) is 54.7 Å². The summed E-state index contributed by atoms with van der Waals surface area (Å²) in [4.78, 5) is 44.7. The normalized spacial score (nSPS) is 14.7. The number of esters is 1. The fourth-order valence-corrected chi connectivity index (χ4v) is 1.50. The van der Waals surface area contributed by atoms with Gasteiger partial charge in [0.2, 0.25) is 5.91 Å². The standard InChI is InChI=1S/C12H19N3O6/c1-21-10(17)5-4-8(11(18)19)15-12(20)13-6-9(16)14-7-2-3-7/h7-8H,2-6H2,1H3,(H,14,16)(H,18,19)(H2,13,15,20)/t8-/m0/s1. The summed E-state index contributed by atoms with van der Waals surface area (Å²) in [7, 11) is 1.19. The minimum Gasteiger partial charge on any atom is -0.480 e. The van der Waals surface area contributed by atoms with Gasteiger partial charge in [0.15, 0.2) is 0 Å². The first-order valence-corrected chi connectivity index (χ1v) is 6.55. The Morgan fingerprint density at radius 2 is 1.95 bits per heavy atom. The van der Waals surface area contributed by atoms with Gasteiger partial charge in [-0.15, -0.1) is 0 Å². The Morgan fingerprint density at radius 3 is 2.48 bits per heavy atom. The van der Waals surface area contributed by atoms with Gasteiger partial charge in [-0.3, -0.25) is 9.59 Å². The first-order valence-electron chi connectivity index (χ1n) is 6.55. The van der Waals surface area contributed by atoms with E-state index in [1.807, 2.05) is 0 Å². The van der Waals surface area contributed by atoms with Gasteiger partial charge in [0.1, 0.15) is 6.04 Å². The Hall–Kier alpha value is -2.32. The minimum absolute atomic E-state index is 0.0936. The molecule has 0 aromatic heterocycles. The Labute approximate surface area is 121 Å². The highest BCUT2D eigenvalue weighted by Gasteiger charge is 2.24. The van der Waals surface area contributed by atoms with Crippen LogP contribution >= 0.6 is 0 Å². The quantitative estimate of drug-likeness (QED) is 0.424. The summed E-state index contributed by atoms with van der Waals surface area (Å²) >= 11 is 0. The lowest BCUT2D eigenvalue weighted by molar-refractivity contribution is -0.142. The van der Waals surface area contributed by atoms with Gasteiger partial charge in [0.25, 0.3) is 0 Å². The molecule has 21 heavy (non-hydrogen) atoms. The van der Waals surface area contributed by atoms with Gasteiger partial charge in [-0.1, -0.05) is 0 Å². The molecule has 0 aromatic rings. The first kappa shape index (κ1) is 16.7. The number of hydrogen-bond donors (Lipinski definition) is 4. The number of urea groups is 1. The second-order valence-electron chi connectivity index (χ2n) is 4.67. The molecule has 0 bridgehead atoms. The summed E-state index contributed by atoms with van der Waals surface area (Å²) in [6.07, 6.45) is 1.65. The molecule has 0 heterocycles. The third-order valence-corrected chi connectivity index (χ3v) is 2.82. The van der Waals surface area contributed by atoms with E-state index in [-0.39, 0.29) is 31.3 Å². The van der Waals surface area contributed by atoms with Crippen LogP contribution in [-0.2, 0) is 19.1 Å². The molecule has 4 N–H and O–H groups in total. The zero-order valence-corrected chi connectivity index (χ0v) is 11.7. The molecule has 0 aliphatic heterocycles. The van der Waals surface area contributed by atoms with Crippen LogP contribution in [0.25, 0.3) is 0 Å². The zero-order valence-electron chi connectivity index (χ0n) is 11.7. The van der Waals surface area contributed by atoms with Crippen molar-refractivity contribution in [1.82, 2.24) is 16.0 Å². The number of carbonyl (C=O) groups is 4. The molecule has 0 radical (unpaired) electrons. The van der Waals surface area contributed by atoms with Crippen molar-refractivity contribution >= 4 is 23.9 Å². The Kier molecular flexibility index (Phi) is 6.44. The van der Waals surface area contributed by atoms with Crippen LogP contribution in [0.1, 0.15) is 25.7 Å². The summed E-state index contributed by atoms with van der Waals surface area (Å²) in [6, 6.07) is -1.82. The molecule has 9 nitrogen and oxygen atoms in total. The molecule has 1 fully saturated rings. The van der Waals surface area contributed by atoms with Gasteiger partial charge < -0.3 is 25.8 Å². The van der Waals surface area contributed by atoms with Crippen molar-refractivity contribution in [3.63, 3.8) is 0 Å². The number of ether oxygens (including phenoxy) is 1. The largest absolute Gasteiger partial charge is 0.480 e. The smallest absolute Gasteiger partial charge is 0.326 e. The average molecular weight is 301 g/mol. The van der Waals surface area contributed by atoms with Gasteiger partial charge in [0.05, 0.1) is 13.7 Å². The van der Waals surface area contributed by atoms with Crippen LogP contribution in [0.15, 0.2) is 0 Å². The second-order valence-corrected chi connectivity index (χ2v) is 4.67. The number of hydrogen-bond acceptors (Lipinski definition) is 5. The predicted molar refractivity (Wildman–Crippen MR) is 70.4 cm³/mol. The Bertz CT molecular complexity index is 421. The van der Waals surface area contributed by atoms with E-state index in [1.165, 1.54) is 7.11 Å². The highest BCUT2D eigenvalue weighted by atomic mass is 16.5. The Morgan fingerprint density at radius 1 is 1.29 bits per heavy atom. The van der Waals surface area contributed by atoms with Crippen molar-refractivity contribution in [2.24, 2.45) is 0 Å². The molecule has 1 saturated carbocycles. The fourth-order valence-electron chi connectivity index (χ4n) is 1.50. The highest BCUT2D eigenvalue weighted by Crippen LogP contribution is 2.18. The molecule has 3 amide bonds. The van der Waals surface area contributed by atoms with Crippen molar-refractivity contribution in [2.45, 2.75) is 37.8 Å². The van der Waals surface area contributed by atoms with Crippen LogP contribution in [0, 0.1) is 0 Å². The lowest BCUT2D eigenvalue weighted by Crippen LogP contribution is -2.48. The summed E-state index contributed by atoms with van der Waals surface area (Å²) in [6.45, 7) is -0.230. The maximum absolute atomic E-state index is 11.5. The third kappa shape index (κ3) is 7.14. The molecule has 1 aliphatic rings. The van der Waals surface area contributed by atoms with Crippen LogP contribution in [0.4, 0.5) is 4.79 Å². The lowest BCUT2D eigenvalue weighted by Gasteiger charge is -2.14. The summed E-state index contributed by atoms with van der Waals surface area (Å²) in [5.41, 5.74) is 0. The molecule has 1 atom stereocenters. The van der Waals surface area contributed by atoms with E-state index in [0.29, 0.717) is 0 Å². The highest BCUT2D eigenvalue weighted by molar-refractivity contribution is 5.87. The minimum atomic E-state index is -1.27. The summed E-state index contributed by atoms with van der Waals surface area (Å²) in [5, 5.41) is 16.1. The SMILES string of the molecule is COC(=O)CC[C@H](NC(=O)NCC(=O)NC1CC1)C(=O)O. The monoisotopic (exact) mass is 301 g/mol. The maximum atomic E-state index is 11.5. The number of methoxy groups -OCH3 is 1. The Balaban J connectivity index is 2.28. The fraction of sp³-hybridized carbons (Fsp3) is 0.667. The van der Waals surface area contributed by atoms with Gasteiger partial charge in [-0.2, -0.15) is 0 Å². The molecular weight excluding hydrogens is 282 g/mol. The number of carboxylic acid groups (broad SMARTS) is 1. The first-order chi connectivity index (χ1) is 9.92. The number of aliphatic carboxylic acids is 1. The van der Waals surface area contributed by atoms with Crippen LogP contribution in [0.2, 0.25) is 0 Å². The van der Waals surface area contributed by atoms with E-state index >= 15 is 0 Å². The molecule has 118 valence electrons. The van der Waals surface area contributed by atoms with E-state index in [4.69, 9.17) is 5.11 Å². The summed E-state index contributed by atoms with van der Waals surface area (Å²) in [5.74, 6) is -2.15. The average Bonchev–Trinajstić information content (AvgIpc) is 3.24. The van der Waals surface area contributed by atoms with Crippen LogP contribution < -0.4 is 16.0 Å². The van der Waals surface area contributed by atoms with Crippen molar-refractivity contribution in [1.29, 1.82) is 0 Å². The number of carboxylic acids is 1. The van der Waals surface area contributed by atoms with Gasteiger partial charge in [-0.25, -0.2) is 9.59 Å². The number of carbonyl (C=O) groups excluding carboxylic acids is 3. The second kappa shape index (κ2) is 8.08. The van der Waals surface area contributed by atoms with Crippen molar-refractivity contribution in [2.75, 3.05) is 13.7 Å². The van der Waals surface area contributed by atoms with Gasteiger partial charge >= 0.3 is 18.0 Å². The number of rotatable bonds is 8. The molecule has 0 aromatic carbocycles.